The molecule has 0 aliphatic carbocycles. The van der Waals surface area contributed by atoms with Crippen LogP contribution in [0.5, 0.6) is 0 Å². The van der Waals surface area contributed by atoms with Gasteiger partial charge in [-0.2, -0.15) is 10.2 Å². The molecular weight excluding hydrogens is 865 g/mol. The van der Waals surface area contributed by atoms with Gasteiger partial charge in [0.2, 0.25) is 9.05 Å². The van der Waals surface area contributed by atoms with Gasteiger partial charge in [-0.3, -0.25) is 24.5 Å². The Morgan fingerprint density at radius 1 is 0.740 bits per heavy atom. The summed E-state index contributed by atoms with van der Waals surface area (Å²) in [6, 6.07) is 10.4. The van der Waals surface area contributed by atoms with E-state index in [1.54, 1.807) is 55.0 Å². The summed E-state index contributed by atoms with van der Waals surface area (Å²) in [6.45, 7) is 0.0507. The molecule has 0 aliphatic rings. The van der Waals surface area contributed by atoms with Crippen LogP contribution in [0.2, 0.25) is 35.2 Å². The highest BCUT2D eigenvalue weighted by atomic mass is 35.7. The Labute approximate surface area is 331 Å². The van der Waals surface area contributed by atoms with E-state index in [4.69, 9.17) is 97.9 Å². The molecule has 0 bridgehead atoms. The Morgan fingerprint density at radius 3 is 1.54 bits per heavy atom. The van der Waals surface area contributed by atoms with Crippen molar-refractivity contribution in [1.82, 2.24) is 34.9 Å². The minimum atomic E-state index is -3.19. The van der Waals surface area contributed by atoms with Gasteiger partial charge in [-0.1, -0.05) is 88.6 Å². The average molecular weight is 892 g/mol. The average Bonchev–Trinajstić information content (AvgIpc) is 3.05. The third kappa shape index (κ3) is 18.8. The van der Waals surface area contributed by atoms with Gasteiger partial charge >= 0.3 is 0 Å². The quantitative estimate of drug-likeness (QED) is 0.132. The lowest BCUT2D eigenvalue weighted by molar-refractivity contribution is 0.277. The van der Waals surface area contributed by atoms with Gasteiger partial charge in [-0.25, -0.2) is 18.2 Å². The van der Waals surface area contributed by atoms with E-state index >= 15 is 0 Å². The molecule has 5 heterocycles. The molecule has 0 saturated heterocycles. The van der Waals surface area contributed by atoms with Gasteiger partial charge in [0.1, 0.15) is 10.0 Å². The molecule has 5 aromatic rings. The number of aromatic amines is 1. The number of hydrogen-bond acceptors (Lipinski definition) is 10. The second-order valence-electron chi connectivity index (χ2n) is 8.40. The maximum Gasteiger partial charge on any atom is 0.287 e. The van der Waals surface area contributed by atoms with Gasteiger partial charge in [-0.05, 0) is 36.4 Å². The molecule has 0 fully saturated rings. The highest BCUT2D eigenvalue weighted by Crippen LogP contribution is 2.17. The minimum absolute atomic E-state index is 0. The lowest BCUT2D eigenvalue weighted by Crippen LogP contribution is -2.24. The van der Waals surface area contributed by atoms with Crippen molar-refractivity contribution in [2.45, 2.75) is 26.5 Å². The fraction of sp³-hybridized carbons (Fsp3) is 0.179. The zero-order valence-electron chi connectivity index (χ0n) is 24.5. The van der Waals surface area contributed by atoms with Crippen LogP contribution >= 0.6 is 103 Å². The van der Waals surface area contributed by atoms with Crippen LogP contribution in [0, 0.1) is 0 Å². The van der Waals surface area contributed by atoms with Crippen molar-refractivity contribution < 1.29 is 13.5 Å². The smallest absolute Gasteiger partial charge is 0.287 e. The number of alkyl halides is 1. The second kappa shape index (κ2) is 24.8. The maximum absolute atomic E-state index is 11.7. The number of H-pyrrole nitrogens is 1. The first-order chi connectivity index (χ1) is 23.0. The number of nitrogens with zero attached hydrogens (tertiary/aromatic N) is 6. The molecule has 0 spiro atoms. The number of aliphatic hydroxyl groups excluding tert-OH is 1. The lowest BCUT2D eigenvalue weighted by Gasteiger charge is -2.06. The molecule has 0 amide bonds. The van der Waals surface area contributed by atoms with Crippen LogP contribution in [-0.4, -0.2) is 54.7 Å². The second-order valence-corrected chi connectivity index (χ2v) is 14.5. The van der Waals surface area contributed by atoms with Gasteiger partial charge in [-0.15, -0.1) is 11.6 Å². The minimum Gasteiger partial charge on any atom is -0.390 e. The molecule has 22 heteroatoms. The van der Waals surface area contributed by atoms with E-state index < -0.39 is 20.2 Å². The van der Waals surface area contributed by atoms with E-state index in [2.05, 4.69) is 40.9 Å². The summed E-state index contributed by atoms with van der Waals surface area (Å²) in [6.07, 6.45) is 8.35. The summed E-state index contributed by atoms with van der Waals surface area (Å²) in [7, 11) is 1.31. The number of aliphatic hydroxyl groups is 1. The largest absolute Gasteiger partial charge is 0.390 e. The van der Waals surface area contributed by atoms with E-state index in [0.717, 1.165) is 16.6 Å². The van der Waals surface area contributed by atoms with Crippen molar-refractivity contribution in [3.8, 4) is 0 Å². The van der Waals surface area contributed by atoms with E-state index in [0.29, 0.717) is 32.3 Å². The molecule has 5 rings (SSSR count). The van der Waals surface area contributed by atoms with E-state index in [9.17, 15) is 18.0 Å². The van der Waals surface area contributed by atoms with Crippen LogP contribution in [0.15, 0.2) is 77.0 Å². The highest BCUT2D eigenvalue weighted by molar-refractivity contribution is 8.13. The Morgan fingerprint density at radius 2 is 1.18 bits per heavy atom. The first-order valence-corrected chi connectivity index (χ1v) is 18.5. The number of rotatable bonds is 4. The van der Waals surface area contributed by atoms with Crippen LogP contribution in [0.4, 0.5) is 0 Å². The molecule has 0 radical (unpaired) electrons. The van der Waals surface area contributed by atoms with Crippen LogP contribution in [-0.2, 0) is 28.1 Å². The zero-order valence-corrected chi connectivity index (χ0v) is 32.2. The van der Waals surface area contributed by atoms with Crippen molar-refractivity contribution >= 4 is 113 Å². The molecular formula is C28H26Cl9N7O5S. The molecule has 2 N–H and O–H groups in total. The number of halogens is 9. The molecule has 5 aromatic heterocycles. The van der Waals surface area contributed by atoms with E-state index in [1.165, 1.54) is 12.4 Å². The van der Waals surface area contributed by atoms with Crippen LogP contribution < -0.4 is 11.1 Å². The Hall–Kier alpha value is -2.27. The van der Waals surface area contributed by atoms with Gasteiger partial charge in [0.25, 0.3) is 11.1 Å². The van der Waals surface area contributed by atoms with E-state index in [-0.39, 0.29) is 40.7 Å². The molecule has 0 unspecified atom stereocenters. The number of hydrogen-bond donors (Lipinski definition) is 2. The lowest BCUT2D eigenvalue weighted by atomic mass is 10.3. The molecule has 0 aromatic carbocycles. The monoisotopic (exact) mass is 887 g/mol. The topological polar surface area (TPSA) is 174 Å². The number of nitrogens with one attached hydrogen (secondary N) is 1. The van der Waals surface area contributed by atoms with Crippen LogP contribution in [0.1, 0.15) is 24.5 Å². The summed E-state index contributed by atoms with van der Waals surface area (Å²) in [4.78, 5) is 34.0. The van der Waals surface area contributed by atoms with Crippen molar-refractivity contribution in [3.05, 3.63) is 140 Å². The van der Waals surface area contributed by atoms with Gasteiger partial charge in [0, 0.05) is 29.3 Å². The van der Waals surface area contributed by atoms with Gasteiger partial charge in [0.15, 0.2) is 0 Å². The molecule has 50 heavy (non-hydrogen) atoms. The highest BCUT2D eigenvalue weighted by Gasteiger charge is 2.10. The molecule has 272 valence electrons. The molecule has 0 saturated carbocycles. The Balaban J connectivity index is 0.000000634. The number of pyridine rings is 3. The van der Waals surface area contributed by atoms with Crippen molar-refractivity contribution in [1.29, 1.82) is 0 Å². The van der Waals surface area contributed by atoms with Crippen molar-refractivity contribution in [2.75, 3.05) is 6.26 Å². The fourth-order valence-electron chi connectivity index (χ4n) is 2.65. The third-order valence-electron chi connectivity index (χ3n) is 4.78. The summed E-state index contributed by atoms with van der Waals surface area (Å²) < 4.78 is 19.9. The molecule has 0 aliphatic heterocycles. The standard InChI is InChI=1S/C10H6Cl3N3O.C6H5Cl2N.C6H6ClNO.C4H2Cl2N2O.CH3ClO2S.CH4/c11-6-2-1-3-14-8(6)5-16-10(17)9(13)7(12)4-15-16;7-4-6-5(8)2-1-3-9-6;7-5-2-1-3-8-6(5)4-9;5-2-1-7-8-4(9)3(2)6;1-5(2,3)4;/h1-4H,5H2;1-3H,4H2;1-3,9H,4H2;1H,(H,8,9);1H3;1H4. The summed E-state index contributed by atoms with van der Waals surface area (Å²) in [5.74, 6) is 0.375. The Kier molecular flexibility index (Phi) is 23.7. The first kappa shape index (κ1) is 47.7. The van der Waals surface area contributed by atoms with Gasteiger partial charge in [0.05, 0.1) is 79.9 Å². The Bertz CT molecular complexity index is 1970. The summed E-state index contributed by atoms with van der Waals surface area (Å²) >= 11 is 44.9. The first-order valence-electron chi connectivity index (χ1n) is 12.6. The normalized spacial score (nSPS) is 9.90. The zero-order chi connectivity index (χ0) is 37.1. The summed E-state index contributed by atoms with van der Waals surface area (Å²) in [5, 5.41) is 19.8. The van der Waals surface area contributed by atoms with Crippen molar-refractivity contribution in [2.24, 2.45) is 0 Å². The summed E-state index contributed by atoms with van der Waals surface area (Å²) in [5.41, 5.74) is 0.868. The fourth-order valence-corrected chi connectivity index (χ4v) is 3.98. The van der Waals surface area contributed by atoms with Crippen LogP contribution in [0.25, 0.3) is 0 Å². The predicted molar refractivity (Wildman–Crippen MR) is 203 cm³/mol. The number of aromatic nitrogens is 7. The third-order valence-corrected chi connectivity index (χ3v) is 7.57. The molecule has 12 nitrogen and oxygen atoms in total. The van der Waals surface area contributed by atoms with Gasteiger partial charge < -0.3 is 5.11 Å². The maximum atomic E-state index is 11.7. The van der Waals surface area contributed by atoms with Crippen molar-refractivity contribution in [3.63, 3.8) is 0 Å². The van der Waals surface area contributed by atoms with E-state index in [1.807, 2.05) is 0 Å². The van der Waals surface area contributed by atoms with Crippen LogP contribution in [0.3, 0.4) is 0 Å². The molecule has 0 atom stereocenters. The predicted octanol–water partition coefficient (Wildman–Crippen LogP) is 8.25. The SMILES string of the molecule is C.CS(=O)(=O)Cl.ClCc1ncccc1Cl.O=c1[nH]ncc(Cl)c1Cl.O=c1c(Cl)c(Cl)cnn1Cc1ncccc1Cl.OCc1ncccc1Cl.